The van der Waals surface area contributed by atoms with E-state index in [1.807, 2.05) is 0 Å². The van der Waals surface area contributed by atoms with Crippen molar-refractivity contribution < 1.29 is 25.2 Å². The quantitative estimate of drug-likeness (QED) is 0.565. The van der Waals surface area contributed by atoms with Gasteiger partial charge in [0, 0.05) is 10.8 Å². The summed E-state index contributed by atoms with van der Waals surface area (Å²) in [6, 6.07) is 4.76. The minimum atomic E-state index is -1.36. The average molecular weight is 234 g/mol. The van der Waals surface area contributed by atoms with E-state index in [-0.39, 0.29) is 10.8 Å². The molecule has 2 aromatic carbocycles. The number of aryl methyl sites for hydroxylation is 1. The second kappa shape index (κ2) is 3.55. The fourth-order valence-electron chi connectivity index (χ4n) is 1.88. The highest BCUT2D eigenvalue weighted by atomic mass is 16.4. The molecular formula is C12H10O5. The Morgan fingerprint density at radius 2 is 1.71 bits per heavy atom. The minimum Gasteiger partial charge on any atom is -0.504 e. The van der Waals surface area contributed by atoms with Crippen LogP contribution in [0.2, 0.25) is 0 Å². The summed E-state index contributed by atoms with van der Waals surface area (Å²) in [6.45, 7) is 1.66. The molecule has 0 bridgehead atoms. The number of fused-ring (bicyclic) bond motifs is 1. The maximum atomic E-state index is 11.1. The second-order valence-corrected chi connectivity index (χ2v) is 3.72. The van der Waals surface area contributed by atoms with Gasteiger partial charge in [-0.05, 0) is 12.5 Å². The van der Waals surface area contributed by atoms with E-state index in [4.69, 9.17) is 5.11 Å². The van der Waals surface area contributed by atoms with Crippen molar-refractivity contribution in [1.82, 2.24) is 0 Å². The van der Waals surface area contributed by atoms with Crippen LogP contribution in [0.4, 0.5) is 0 Å². The third-order valence-corrected chi connectivity index (χ3v) is 2.68. The van der Waals surface area contributed by atoms with Gasteiger partial charge in [-0.15, -0.1) is 0 Å². The van der Waals surface area contributed by atoms with Crippen LogP contribution in [-0.2, 0) is 0 Å². The van der Waals surface area contributed by atoms with Crippen LogP contribution in [0.25, 0.3) is 10.8 Å². The van der Waals surface area contributed by atoms with Gasteiger partial charge in [0.1, 0.15) is 5.56 Å². The molecule has 0 atom stereocenters. The molecule has 5 nitrogen and oxygen atoms in total. The lowest BCUT2D eigenvalue weighted by Gasteiger charge is -2.11. The van der Waals surface area contributed by atoms with Gasteiger partial charge in [-0.2, -0.15) is 0 Å². The van der Waals surface area contributed by atoms with Crippen molar-refractivity contribution in [3.63, 3.8) is 0 Å². The van der Waals surface area contributed by atoms with Gasteiger partial charge < -0.3 is 20.4 Å². The van der Waals surface area contributed by atoms with Crippen molar-refractivity contribution in [1.29, 1.82) is 0 Å². The van der Waals surface area contributed by atoms with E-state index in [9.17, 15) is 20.1 Å². The first-order valence-corrected chi connectivity index (χ1v) is 4.84. The molecule has 0 radical (unpaired) electrons. The second-order valence-electron chi connectivity index (χ2n) is 3.72. The van der Waals surface area contributed by atoms with Gasteiger partial charge in [0.25, 0.3) is 0 Å². The summed E-state index contributed by atoms with van der Waals surface area (Å²) < 4.78 is 0. The van der Waals surface area contributed by atoms with Crippen molar-refractivity contribution in [2.24, 2.45) is 0 Å². The molecule has 5 heteroatoms. The van der Waals surface area contributed by atoms with E-state index >= 15 is 0 Å². The van der Waals surface area contributed by atoms with Crippen molar-refractivity contribution in [3.05, 3.63) is 29.3 Å². The first-order valence-electron chi connectivity index (χ1n) is 4.84. The van der Waals surface area contributed by atoms with E-state index in [1.165, 1.54) is 6.07 Å². The minimum absolute atomic E-state index is 0.192. The lowest BCUT2D eigenvalue weighted by Crippen LogP contribution is -2.00. The predicted molar refractivity (Wildman–Crippen MR) is 60.6 cm³/mol. The van der Waals surface area contributed by atoms with Crippen LogP contribution in [0.3, 0.4) is 0 Å². The number of carbonyl (C=O) groups is 1. The van der Waals surface area contributed by atoms with Gasteiger partial charge in [0.2, 0.25) is 5.75 Å². The van der Waals surface area contributed by atoms with Crippen LogP contribution >= 0.6 is 0 Å². The van der Waals surface area contributed by atoms with Gasteiger partial charge in [-0.25, -0.2) is 4.79 Å². The number of phenolic OH excluding ortho intramolecular Hbond substituents is 2. The molecule has 0 aliphatic heterocycles. The Morgan fingerprint density at radius 1 is 1.06 bits per heavy atom. The zero-order valence-corrected chi connectivity index (χ0v) is 8.93. The number of hydrogen-bond acceptors (Lipinski definition) is 4. The summed E-state index contributed by atoms with van der Waals surface area (Å²) >= 11 is 0. The van der Waals surface area contributed by atoms with Crippen molar-refractivity contribution in [2.75, 3.05) is 0 Å². The number of aromatic carboxylic acids is 1. The number of carboxylic acid groups (broad SMARTS) is 1. The summed E-state index contributed by atoms with van der Waals surface area (Å²) in [7, 11) is 0. The van der Waals surface area contributed by atoms with Crippen LogP contribution < -0.4 is 0 Å². The molecular weight excluding hydrogens is 224 g/mol. The van der Waals surface area contributed by atoms with Crippen molar-refractivity contribution >= 4 is 16.7 Å². The monoisotopic (exact) mass is 234 g/mol. The Bertz CT molecular complexity index is 631. The molecule has 0 heterocycles. The third-order valence-electron chi connectivity index (χ3n) is 2.68. The van der Waals surface area contributed by atoms with Crippen LogP contribution in [0.15, 0.2) is 18.2 Å². The molecule has 88 valence electrons. The van der Waals surface area contributed by atoms with Crippen molar-refractivity contribution in [3.8, 4) is 17.2 Å². The molecule has 0 unspecified atom stereocenters. The maximum Gasteiger partial charge on any atom is 0.340 e. The molecule has 0 aliphatic rings. The molecule has 0 fully saturated rings. The van der Waals surface area contributed by atoms with Gasteiger partial charge in [-0.3, -0.25) is 0 Å². The van der Waals surface area contributed by atoms with E-state index in [1.54, 1.807) is 19.1 Å². The fraction of sp³-hybridized carbons (Fsp3) is 0.0833. The van der Waals surface area contributed by atoms with Gasteiger partial charge in [0.05, 0.1) is 0 Å². The molecule has 0 aromatic heterocycles. The number of benzene rings is 2. The topological polar surface area (TPSA) is 98.0 Å². The molecule has 4 N–H and O–H groups in total. The summed E-state index contributed by atoms with van der Waals surface area (Å²) in [5, 5.41) is 38.2. The Morgan fingerprint density at radius 3 is 2.29 bits per heavy atom. The molecule has 0 saturated carbocycles. The molecule has 2 aromatic rings. The van der Waals surface area contributed by atoms with Gasteiger partial charge >= 0.3 is 5.97 Å². The highest BCUT2D eigenvalue weighted by molar-refractivity contribution is 6.10. The first kappa shape index (κ1) is 11.1. The highest BCUT2D eigenvalue weighted by Crippen LogP contribution is 2.45. The smallest absolute Gasteiger partial charge is 0.340 e. The lowest BCUT2D eigenvalue weighted by atomic mass is 9.97. The number of aromatic hydroxyl groups is 3. The maximum absolute atomic E-state index is 11.1. The van der Waals surface area contributed by atoms with Crippen molar-refractivity contribution in [2.45, 2.75) is 6.92 Å². The summed E-state index contributed by atoms with van der Waals surface area (Å²) in [4.78, 5) is 11.1. The van der Waals surface area contributed by atoms with E-state index in [0.29, 0.717) is 5.56 Å². The molecule has 0 saturated heterocycles. The highest BCUT2D eigenvalue weighted by Gasteiger charge is 2.23. The number of carboxylic acids is 1. The zero-order chi connectivity index (χ0) is 12.7. The summed E-state index contributed by atoms with van der Waals surface area (Å²) in [6.07, 6.45) is 0. The van der Waals surface area contributed by atoms with Gasteiger partial charge in [-0.1, -0.05) is 18.2 Å². The summed E-state index contributed by atoms with van der Waals surface area (Å²) in [5.74, 6) is -3.53. The Hall–Kier alpha value is -2.43. The molecule has 0 amide bonds. The van der Waals surface area contributed by atoms with Crippen LogP contribution in [0.1, 0.15) is 15.9 Å². The lowest BCUT2D eigenvalue weighted by molar-refractivity contribution is 0.0695. The van der Waals surface area contributed by atoms with E-state index in [2.05, 4.69) is 0 Å². The normalized spacial score (nSPS) is 10.6. The summed E-state index contributed by atoms with van der Waals surface area (Å²) in [5.41, 5.74) is 0.180. The number of hydrogen-bond donors (Lipinski definition) is 4. The third kappa shape index (κ3) is 1.44. The number of phenols is 3. The van der Waals surface area contributed by atoms with Crippen LogP contribution in [0, 0.1) is 6.92 Å². The van der Waals surface area contributed by atoms with Crippen LogP contribution in [-0.4, -0.2) is 26.4 Å². The number of rotatable bonds is 1. The largest absolute Gasteiger partial charge is 0.504 e. The molecule has 2 rings (SSSR count). The Balaban J connectivity index is 3.11. The molecule has 17 heavy (non-hydrogen) atoms. The van der Waals surface area contributed by atoms with E-state index in [0.717, 1.165) is 0 Å². The standard InChI is InChI=1S/C12H10O5/c1-5-3-2-4-6-7(5)8(12(16)17)10(14)11(15)9(6)13/h2-4,13-15H,1H3,(H,16,17). The Kier molecular flexibility index (Phi) is 2.31. The van der Waals surface area contributed by atoms with E-state index < -0.39 is 28.8 Å². The predicted octanol–water partition coefficient (Wildman–Crippen LogP) is 1.96. The molecule has 0 aliphatic carbocycles. The van der Waals surface area contributed by atoms with Crippen LogP contribution in [0.5, 0.6) is 17.2 Å². The first-order chi connectivity index (χ1) is 7.95. The molecule has 0 spiro atoms. The average Bonchev–Trinajstić information content (AvgIpc) is 2.27. The SMILES string of the molecule is Cc1cccc2c(O)c(O)c(O)c(C(=O)O)c12. The van der Waals surface area contributed by atoms with Gasteiger partial charge in [0.15, 0.2) is 11.5 Å². The zero-order valence-electron chi connectivity index (χ0n) is 8.93. The Labute approximate surface area is 96.2 Å². The fourth-order valence-corrected chi connectivity index (χ4v) is 1.88.